The molecule has 2 rings (SSSR count). The first-order chi connectivity index (χ1) is 5.29. The van der Waals surface area contributed by atoms with Gasteiger partial charge in [0.25, 0.3) is 0 Å². The van der Waals surface area contributed by atoms with E-state index in [2.05, 4.69) is 18.7 Å². The first-order valence-corrected chi connectivity index (χ1v) is 5.06. The molecule has 0 unspecified atom stereocenters. The topological polar surface area (TPSA) is 3.24 Å². The van der Waals surface area contributed by atoms with Gasteiger partial charge in [-0.1, -0.05) is 6.42 Å². The molecule has 1 heteroatoms. The molecular weight excluding hydrogens is 134 g/mol. The molecule has 0 aromatic carbocycles. The van der Waals surface area contributed by atoms with Crippen LogP contribution in [0.15, 0.2) is 0 Å². The van der Waals surface area contributed by atoms with Crippen LogP contribution in [-0.4, -0.2) is 23.0 Å². The minimum Gasteiger partial charge on any atom is -0.295 e. The van der Waals surface area contributed by atoms with Crippen molar-refractivity contribution >= 4 is 0 Å². The molecule has 1 nitrogen and oxygen atoms in total. The first-order valence-electron chi connectivity index (χ1n) is 5.06. The van der Waals surface area contributed by atoms with E-state index in [4.69, 9.17) is 0 Å². The third kappa shape index (κ3) is 1.20. The summed E-state index contributed by atoms with van der Waals surface area (Å²) < 4.78 is 0. The highest BCUT2D eigenvalue weighted by Crippen LogP contribution is 2.36. The Morgan fingerprint density at radius 3 is 1.91 bits per heavy atom. The zero-order valence-corrected chi connectivity index (χ0v) is 7.71. The molecule has 0 saturated carbocycles. The van der Waals surface area contributed by atoms with E-state index in [0.717, 1.165) is 18.1 Å². The quantitative estimate of drug-likeness (QED) is 0.559. The average Bonchev–Trinajstić information content (AvgIpc) is 2.23. The second-order valence-electron chi connectivity index (χ2n) is 4.36. The Morgan fingerprint density at radius 2 is 1.55 bits per heavy atom. The second kappa shape index (κ2) is 2.78. The van der Waals surface area contributed by atoms with E-state index in [1.165, 1.54) is 32.1 Å². The van der Waals surface area contributed by atoms with Crippen molar-refractivity contribution in [2.24, 2.45) is 0 Å². The third-order valence-electron chi connectivity index (χ3n) is 3.35. The van der Waals surface area contributed by atoms with Crippen LogP contribution in [0, 0.1) is 0 Å². The van der Waals surface area contributed by atoms with Gasteiger partial charge in [0.2, 0.25) is 0 Å². The van der Waals surface area contributed by atoms with E-state index in [0.29, 0.717) is 0 Å². The minimum atomic E-state index is 0.785. The van der Waals surface area contributed by atoms with Gasteiger partial charge in [-0.2, -0.15) is 0 Å². The monoisotopic (exact) mass is 153 g/mol. The van der Waals surface area contributed by atoms with Gasteiger partial charge in [0.05, 0.1) is 0 Å². The molecule has 2 saturated heterocycles. The SMILES string of the molecule is CC(C)N1[C@@H]2CCC[C@H]1CC2. The lowest BCUT2D eigenvalue weighted by Crippen LogP contribution is -2.43. The molecule has 0 amide bonds. The van der Waals surface area contributed by atoms with Crippen LogP contribution in [0.4, 0.5) is 0 Å². The summed E-state index contributed by atoms with van der Waals surface area (Å²) in [6.07, 6.45) is 7.37. The van der Waals surface area contributed by atoms with Crippen molar-refractivity contribution in [2.45, 2.75) is 64.1 Å². The molecule has 64 valence electrons. The van der Waals surface area contributed by atoms with Gasteiger partial charge in [-0.25, -0.2) is 0 Å². The van der Waals surface area contributed by atoms with Gasteiger partial charge < -0.3 is 0 Å². The zero-order chi connectivity index (χ0) is 7.84. The van der Waals surface area contributed by atoms with Crippen LogP contribution in [0.3, 0.4) is 0 Å². The number of fused-ring (bicyclic) bond motifs is 2. The van der Waals surface area contributed by atoms with Crippen LogP contribution in [0.2, 0.25) is 0 Å². The van der Waals surface area contributed by atoms with E-state index in [-0.39, 0.29) is 0 Å². The molecule has 2 aliphatic rings. The molecule has 2 bridgehead atoms. The molecular formula is C10H19N. The number of rotatable bonds is 1. The summed E-state index contributed by atoms with van der Waals surface area (Å²) in [5, 5.41) is 0. The van der Waals surface area contributed by atoms with Crippen molar-refractivity contribution < 1.29 is 0 Å². The molecule has 2 heterocycles. The Kier molecular flexibility index (Phi) is 1.92. The Labute approximate surface area is 69.8 Å². The minimum absolute atomic E-state index is 0.785. The van der Waals surface area contributed by atoms with Gasteiger partial charge in [0, 0.05) is 18.1 Å². The molecule has 0 aliphatic carbocycles. The van der Waals surface area contributed by atoms with Crippen LogP contribution in [0.25, 0.3) is 0 Å². The van der Waals surface area contributed by atoms with Gasteiger partial charge in [0.15, 0.2) is 0 Å². The lowest BCUT2D eigenvalue weighted by atomic mass is 10.0. The van der Waals surface area contributed by atoms with Crippen molar-refractivity contribution in [2.75, 3.05) is 0 Å². The number of hydrogen-bond donors (Lipinski definition) is 0. The fourth-order valence-corrected chi connectivity index (χ4v) is 3.00. The molecule has 2 atom stereocenters. The van der Waals surface area contributed by atoms with Crippen molar-refractivity contribution in [3.8, 4) is 0 Å². The Hall–Kier alpha value is -0.0400. The van der Waals surface area contributed by atoms with Crippen molar-refractivity contribution in [1.29, 1.82) is 0 Å². The van der Waals surface area contributed by atoms with E-state index in [1.54, 1.807) is 0 Å². The third-order valence-corrected chi connectivity index (χ3v) is 3.35. The van der Waals surface area contributed by atoms with Gasteiger partial charge in [-0.05, 0) is 39.5 Å². The summed E-state index contributed by atoms with van der Waals surface area (Å²) in [7, 11) is 0. The standard InChI is InChI=1S/C10H19N/c1-8(2)11-9-4-3-5-10(11)7-6-9/h8-10H,3-7H2,1-2H3/t9-,10+. The highest BCUT2D eigenvalue weighted by atomic mass is 15.2. The van der Waals surface area contributed by atoms with Crippen LogP contribution in [0.1, 0.15) is 46.0 Å². The lowest BCUT2D eigenvalue weighted by Gasteiger charge is -2.37. The summed E-state index contributed by atoms with van der Waals surface area (Å²) in [6, 6.07) is 2.69. The Morgan fingerprint density at radius 1 is 1.00 bits per heavy atom. The van der Waals surface area contributed by atoms with Crippen LogP contribution in [-0.2, 0) is 0 Å². The fraction of sp³-hybridized carbons (Fsp3) is 1.00. The molecule has 0 radical (unpaired) electrons. The van der Waals surface area contributed by atoms with E-state index in [1.807, 2.05) is 0 Å². The number of hydrogen-bond acceptors (Lipinski definition) is 1. The maximum absolute atomic E-state index is 2.75. The summed E-state index contributed by atoms with van der Waals surface area (Å²) in [5.74, 6) is 0. The Bertz CT molecular complexity index is 126. The van der Waals surface area contributed by atoms with Crippen molar-refractivity contribution in [1.82, 2.24) is 4.90 Å². The fourth-order valence-electron chi connectivity index (χ4n) is 3.00. The van der Waals surface area contributed by atoms with Crippen LogP contribution >= 0.6 is 0 Å². The molecule has 0 N–H and O–H groups in total. The Balaban J connectivity index is 2.09. The molecule has 11 heavy (non-hydrogen) atoms. The second-order valence-corrected chi connectivity index (χ2v) is 4.36. The van der Waals surface area contributed by atoms with Gasteiger partial charge in [-0.15, -0.1) is 0 Å². The predicted molar refractivity (Wildman–Crippen MR) is 47.6 cm³/mol. The van der Waals surface area contributed by atoms with Crippen LogP contribution in [0.5, 0.6) is 0 Å². The molecule has 0 spiro atoms. The van der Waals surface area contributed by atoms with E-state index in [9.17, 15) is 0 Å². The van der Waals surface area contributed by atoms with Gasteiger partial charge in [0.1, 0.15) is 0 Å². The van der Waals surface area contributed by atoms with E-state index >= 15 is 0 Å². The summed E-state index contributed by atoms with van der Waals surface area (Å²) >= 11 is 0. The molecule has 0 aromatic heterocycles. The lowest BCUT2D eigenvalue weighted by molar-refractivity contribution is 0.104. The average molecular weight is 153 g/mol. The summed E-state index contributed by atoms with van der Waals surface area (Å²) in [4.78, 5) is 2.75. The highest BCUT2D eigenvalue weighted by Gasteiger charge is 2.37. The molecule has 2 aliphatic heterocycles. The zero-order valence-electron chi connectivity index (χ0n) is 7.71. The maximum atomic E-state index is 2.75. The highest BCUT2D eigenvalue weighted by molar-refractivity contribution is 4.93. The smallest absolute Gasteiger partial charge is 0.0101 e. The van der Waals surface area contributed by atoms with Crippen LogP contribution < -0.4 is 0 Å². The van der Waals surface area contributed by atoms with Crippen molar-refractivity contribution in [3.63, 3.8) is 0 Å². The predicted octanol–water partition coefficient (Wildman–Crippen LogP) is 2.41. The number of nitrogens with zero attached hydrogens (tertiary/aromatic N) is 1. The van der Waals surface area contributed by atoms with E-state index < -0.39 is 0 Å². The normalized spacial score (nSPS) is 38.5. The summed E-state index contributed by atoms with van der Waals surface area (Å²) in [6.45, 7) is 4.69. The van der Waals surface area contributed by atoms with Crippen molar-refractivity contribution in [3.05, 3.63) is 0 Å². The maximum Gasteiger partial charge on any atom is 0.0101 e. The van der Waals surface area contributed by atoms with Gasteiger partial charge in [-0.3, -0.25) is 4.90 Å². The molecule has 2 fully saturated rings. The summed E-state index contributed by atoms with van der Waals surface area (Å²) in [5.41, 5.74) is 0. The first kappa shape index (κ1) is 7.60. The molecule has 0 aromatic rings. The van der Waals surface area contributed by atoms with Gasteiger partial charge >= 0.3 is 0 Å². The number of piperidine rings is 1. The largest absolute Gasteiger partial charge is 0.295 e.